The van der Waals surface area contributed by atoms with Gasteiger partial charge in [0.05, 0.1) is 0 Å². The molecule has 0 radical (unpaired) electrons. The summed E-state index contributed by atoms with van der Waals surface area (Å²) < 4.78 is 5.30. The molecule has 1 aliphatic carbocycles. The van der Waals surface area contributed by atoms with Gasteiger partial charge in [-0.1, -0.05) is 36.8 Å². The standard InChI is InChI=1S/C16H22O3/c17-11-15-8-4-7-14(9-15)10-16(18)19-12-13-5-2-1-3-6-13/h1-3,5-6,14-15,17H,4,7-12H2. The lowest BCUT2D eigenvalue weighted by atomic mass is 9.80. The van der Waals surface area contributed by atoms with Crippen molar-refractivity contribution < 1.29 is 14.6 Å². The van der Waals surface area contributed by atoms with Crippen LogP contribution in [0, 0.1) is 11.8 Å². The van der Waals surface area contributed by atoms with E-state index in [1.165, 1.54) is 0 Å². The van der Waals surface area contributed by atoms with Gasteiger partial charge in [-0.25, -0.2) is 0 Å². The lowest BCUT2D eigenvalue weighted by Crippen LogP contribution is -2.21. The number of aliphatic hydroxyl groups excluding tert-OH is 1. The predicted octanol–water partition coefficient (Wildman–Crippen LogP) is 2.92. The summed E-state index contributed by atoms with van der Waals surface area (Å²) in [7, 11) is 0. The van der Waals surface area contributed by atoms with Gasteiger partial charge in [0.2, 0.25) is 0 Å². The average Bonchev–Trinajstić information content (AvgIpc) is 2.46. The van der Waals surface area contributed by atoms with Crippen LogP contribution < -0.4 is 0 Å². The first-order valence-electron chi connectivity index (χ1n) is 7.08. The van der Waals surface area contributed by atoms with E-state index in [0.29, 0.717) is 24.9 Å². The van der Waals surface area contributed by atoms with E-state index in [4.69, 9.17) is 4.74 Å². The molecule has 2 unspecified atom stereocenters. The third-order valence-corrected chi connectivity index (χ3v) is 3.85. The highest BCUT2D eigenvalue weighted by Crippen LogP contribution is 2.31. The molecule has 3 nitrogen and oxygen atoms in total. The number of hydrogen-bond donors (Lipinski definition) is 1. The van der Waals surface area contributed by atoms with Crippen LogP contribution in [0.1, 0.15) is 37.7 Å². The van der Waals surface area contributed by atoms with Crippen molar-refractivity contribution in [2.45, 2.75) is 38.7 Å². The molecule has 0 aromatic heterocycles. The van der Waals surface area contributed by atoms with Crippen molar-refractivity contribution in [1.82, 2.24) is 0 Å². The quantitative estimate of drug-likeness (QED) is 0.830. The Morgan fingerprint density at radius 2 is 1.95 bits per heavy atom. The summed E-state index contributed by atoms with van der Waals surface area (Å²) >= 11 is 0. The van der Waals surface area contributed by atoms with Crippen LogP contribution in [0.4, 0.5) is 0 Å². The summed E-state index contributed by atoms with van der Waals surface area (Å²) in [5.41, 5.74) is 1.02. The molecule has 19 heavy (non-hydrogen) atoms. The Bertz CT molecular complexity index is 388. The first-order valence-corrected chi connectivity index (χ1v) is 7.08. The summed E-state index contributed by atoms with van der Waals surface area (Å²) in [5, 5.41) is 9.18. The highest BCUT2D eigenvalue weighted by Gasteiger charge is 2.23. The average molecular weight is 262 g/mol. The largest absolute Gasteiger partial charge is 0.461 e. The second-order valence-electron chi connectivity index (χ2n) is 5.43. The van der Waals surface area contributed by atoms with Crippen LogP contribution in [0.2, 0.25) is 0 Å². The molecule has 1 saturated carbocycles. The fourth-order valence-corrected chi connectivity index (χ4v) is 2.79. The summed E-state index contributed by atoms with van der Waals surface area (Å²) in [6.45, 7) is 0.603. The lowest BCUT2D eigenvalue weighted by Gasteiger charge is -2.27. The first-order chi connectivity index (χ1) is 9.28. The van der Waals surface area contributed by atoms with Crippen molar-refractivity contribution in [2.24, 2.45) is 11.8 Å². The molecular formula is C16H22O3. The fourth-order valence-electron chi connectivity index (χ4n) is 2.79. The SMILES string of the molecule is O=C(CC1CCCC(CO)C1)OCc1ccccc1. The van der Waals surface area contributed by atoms with E-state index in [1.807, 2.05) is 30.3 Å². The molecule has 0 aliphatic heterocycles. The minimum atomic E-state index is -0.118. The van der Waals surface area contributed by atoms with Crippen molar-refractivity contribution >= 4 is 5.97 Å². The van der Waals surface area contributed by atoms with E-state index in [0.717, 1.165) is 31.2 Å². The molecule has 1 N–H and O–H groups in total. The Labute approximate surface area is 114 Å². The molecule has 3 heteroatoms. The normalized spacial score (nSPS) is 23.0. The summed E-state index contributed by atoms with van der Waals surface area (Å²) in [4.78, 5) is 11.8. The van der Waals surface area contributed by atoms with E-state index in [-0.39, 0.29) is 12.6 Å². The minimum Gasteiger partial charge on any atom is -0.461 e. The molecule has 0 amide bonds. The van der Waals surface area contributed by atoms with Crippen LogP contribution in [0.3, 0.4) is 0 Å². The topological polar surface area (TPSA) is 46.5 Å². The third kappa shape index (κ3) is 4.67. The van der Waals surface area contributed by atoms with Gasteiger partial charge < -0.3 is 9.84 Å². The predicted molar refractivity (Wildman–Crippen MR) is 73.4 cm³/mol. The zero-order valence-electron chi connectivity index (χ0n) is 11.3. The third-order valence-electron chi connectivity index (χ3n) is 3.85. The Morgan fingerprint density at radius 1 is 1.21 bits per heavy atom. The van der Waals surface area contributed by atoms with Crippen LogP contribution in [-0.4, -0.2) is 17.7 Å². The molecule has 0 bridgehead atoms. The van der Waals surface area contributed by atoms with E-state index < -0.39 is 0 Å². The van der Waals surface area contributed by atoms with Crippen LogP contribution in [0.25, 0.3) is 0 Å². The molecule has 104 valence electrons. The van der Waals surface area contributed by atoms with Gasteiger partial charge in [-0.3, -0.25) is 4.79 Å². The number of carbonyl (C=O) groups is 1. The minimum absolute atomic E-state index is 0.118. The van der Waals surface area contributed by atoms with E-state index in [2.05, 4.69) is 0 Å². The maximum atomic E-state index is 11.8. The molecule has 1 aromatic carbocycles. The molecule has 2 rings (SSSR count). The Kier molecular flexibility index (Phi) is 5.40. The maximum absolute atomic E-state index is 11.8. The summed E-state index contributed by atoms with van der Waals surface area (Å²) in [6, 6.07) is 9.74. The molecule has 2 atom stereocenters. The van der Waals surface area contributed by atoms with E-state index in [1.54, 1.807) is 0 Å². The molecule has 0 heterocycles. The van der Waals surface area contributed by atoms with Crippen LogP contribution in [-0.2, 0) is 16.1 Å². The Balaban J connectivity index is 1.72. The first kappa shape index (κ1) is 14.1. The highest BCUT2D eigenvalue weighted by molar-refractivity contribution is 5.69. The number of benzene rings is 1. The van der Waals surface area contributed by atoms with Crippen LogP contribution >= 0.6 is 0 Å². The van der Waals surface area contributed by atoms with Gasteiger partial charge in [-0.05, 0) is 36.7 Å². The second kappa shape index (κ2) is 7.29. The van der Waals surface area contributed by atoms with Gasteiger partial charge in [0.25, 0.3) is 0 Å². The molecule has 1 aromatic rings. The fraction of sp³-hybridized carbons (Fsp3) is 0.562. The van der Waals surface area contributed by atoms with Crippen molar-refractivity contribution in [1.29, 1.82) is 0 Å². The zero-order valence-corrected chi connectivity index (χ0v) is 11.3. The van der Waals surface area contributed by atoms with E-state index >= 15 is 0 Å². The van der Waals surface area contributed by atoms with Crippen LogP contribution in [0.5, 0.6) is 0 Å². The summed E-state index contributed by atoms with van der Waals surface area (Å²) in [6.07, 6.45) is 4.73. The second-order valence-corrected chi connectivity index (χ2v) is 5.43. The van der Waals surface area contributed by atoms with Crippen molar-refractivity contribution in [3.05, 3.63) is 35.9 Å². The monoisotopic (exact) mass is 262 g/mol. The van der Waals surface area contributed by atoms with Gasteiger partial charge in [0, 0.05) is 13.0 Å². The van der Waals surface area contributed by atoms with Gasteiger partial charge in [0.1, 0.15) is 6.61 Å². The number of carbonyl (C=O) groups excluding carboxylic acids is 1. The molecule has 0 spiro atoms. The van der Waals surface area contributed by atoms with E-state index in [9.17, 15) is 9.90 Å². The van der Waals surface area contributed by atoms with Gasteiger partial charge in [-0.2, -0.15) is 0 Å². The zero-order chi connectivity index (χ0) is 13.5. The van der Waals surface area contributed by atoms with Gasteiger partial charge >= 0.3 is 5.97 Å². The number of aliphatic hydroxyl groups is 1. The van der Waals surface area contributed by atoms with Gasteiger partial charge in [0.15, 0.2) is 0 Å². The van der Waals surface area contributed by atoms with Crippen LogP contribution in [0.15, 0.2) is 30.3 Å². The summed E-state index contributed by atoms with van der Waals surface area (Å²) in [5.74, 6) is 0.641. The number of rotatable bonds is 5. The van der Waals surface area contributed by atoms with Crippen molar-refractivity contribution in [3.8, 4) is 0 Å². The Hall–Kier alpha value is -1.35. The highest BCUT2D eigenvalue weighted by atomic mass is 16.5. The number of ether oxygens (including phenoxy) is 1. The lowest BCUT2D eigenvalue weighted by molar-refractivity contribution is -0.146. The molecule has 0 saturated heterocycles. The smallest absolute Gasteiger partial charge is 0.306 e. The molecule has 1 fully saturated rings. The maximum Gasteiger partial charge on any atom is 0.306 e. The molecular weight excluding hydrogens is 240 g/mol. The number of hydrogen-bond acceptors (Lipinski definition) is 3. The van der Waals surface area contributed by atoms with Crippen molar-refractivity contribution in [3.63, 3.8) is 0 Å². The van der Waals surface area contributed by atoms with Crippen molar-refractivity contribution in [2.75, 3.05) is 6.61 Å². The Morgan fingerprint density at radius 3 is 2.68 bits per heavy atom. The molecule has 1 aliphatic rings. The van der Waals surface area contributed by atoms with Gasteiger partial charge in [-0.15, -0.1) is 0 Å². The number of esters is 1.